The van der Waals surface area contributed by atoms with Crippen molar-refractivity contribution in [2.75, 3.05) is 16.6 Å². The minimum atomic E-state index is -3.72. The number of anilines is 2. The lowest BCUT2D eigenvalue weighted by molar-refractivity contribution is -0.118. The van der Waals surface area contributed by atoms with Gasteiger partial charge in [-0.15, -0.1) is 0 Å². The summed E-state index contributed by atoms with van der Waals surface area (Å²) in [4.78, 5) is 12.1. The lowest BCUT2D eigenvalue weighted by Crippen LogP contribution is -2.35. The Bertz CT molecular complexity index is 929. The number of aryl methyl sites for hydroxylation is 1. The summed E-state index contributed by atoms with van der Waals surface area (Å²) in [6, 6.07) is 11.4. The number of hydrogen-bond acceptors (Lipinski definition) is 4. The first-order valence-corrected chi connectivity index (χ1v) is 9.75. The zero-order valence-corrected chi connectivity index (χ0v) is 15.3. The van der Waals surface area contributed by atoms with E-state index in [9.17, 15) is 22.0 Å². The largest absolute Gasteiger partial charge is 0.325 e. The number of hydrogen-bond donors (Lipinski definition) is 3. The SMILES string of the molecule is Cc1ccc(S(=O)(=O)Nc2ccc(NC(=O)C3CC(F)(F)CN3)cc2)cc1. The van der Waals surface area contributed by atoms with Crippen LogP contribution in [-0.4, -0.2) is 32.8 Å². The third kappa shape index (κ3) is 4.81. The second kappa shape index (κ2) is 7.24. The lowest BCUT2D eigenvalue weighted by Gasteiger charge is -2.12. The second-order valence-electron chi connectivity index (χ2n) is 6.48. The number of carbonyl (C=O) groups excluding carboxylic acids is 1. The average molecular weight is 395 g/mol. The van der Waals surface area contributed by atoms with E-state index in [0.29, 0.717) is 11.4 Å². The molecule has 1 aliphatic rings. The molecular formula is C18H19F2N3O3S. The maximum Gasteiger partial charge on any atom is 0.262 e. The third-order valence-corrected chi connectivity index (χ3v) is 5.56. The summed E-state index contributed by atoms with van der Waals surface area (Å²) in [5.41, 5.74) is 1.65. The molecule has 1 heterocycles. The monoisotopic (exact) mass is 395 g/mol. The van der Waals surface area contributed by atoms with Crippen LogP contribution in [-0.2, 0) is 14.8 Å². The molecule has 3 N–H and O–H groups in total. The van der Waals surface area contributed by atoms with Crippen LogP contribution in [0.1, 0.15) is 12.0 Å². The van der Waals surface area contributed by atoms with Gasteiger partial charge in [-0.25, -0.2) is 17.2 Å². The second-order valence-corrected chi connectivity index (χ2v) is 8.16. The molecular weight excluding hydrogens is 376 g/mol. The Labute approximate surface area is 156 Å². The molecule has 9 heteroatoms. The number of alkyl halides is 2. The van der Waals surface area contributed by atoms with Crippen molar-refractivity contribution in [1.29, 1.82) is 0 Å². The van der Waals surface area contributed by atoms with Crippen LogP contribution < -0.4 is 15.4 Å². The van der Waals surface area contributed by atoms with Crippen molar-refractivity contribution in [2.24, 2.45) is 0 Å². The van der Waals surface area contributed by atoms with E-state index in [-0.39, 0.29) is 4.90 Å². The molecule has 0 bridgehead atoms. The zero-order chi connectivity index (χ0) is 19.7. The quantitative estimate of drug-likeness (QED) is 0.727. The summed E-state index contributed by atoms with van der Waals surface area (Å²) in [7, 11) is -3.72. The van der Waals surface area contributed by atoms with Crippen molar-refractivity contribution in [1.82, 2.24) is 5.32 Å². The molecule has 1 amide bonds. The van der Waals surface area contributed by atoms with Gasteiger partial charge in [0.05, 0.1) is 17.5 Å². The van der Waals surface area contributed by atoms with Crippen LogP contribution in [0.2, 0.25) is 0 Å². The molecule has 0 saturated carbocycles. The predicted octanol–water partition coefficient (Wildman–Crippen LogP) is 2.73. The average Bonchev–Trinajstić information content (AvgIpc) is 2.97. The highest BCUT2D eigenvalue weighted by Crippen LogP contribution is 2.26. The summed E-state index contributed by atoms with van der Waals surface area (Å²) >= 11 is 0. The van der Waals surface area contributed by atoms with E-state index < -0.39 is 40.9 Å². The Balaban J connectivity index is 1.63. The smallest absolute Gasteiger partial charge is 0.262 e. The standard InChI is InChI=1S/C18H19F2N3O3S/c1-12-2-8-15(9-3-12)27(25,26)23-14-6-4-13(5-7-14)22-17(24)16-10-18(19,20)11-21-16/h2-9,16,21,23H,10-11H2,1H3,(H,22,24). The van der Waals surface area contributed by atoms with E-state index in [4.69, 9.17) is 0 Å². The molecule has 1 fully saturated rings. The topological polar surface area (TPSA) is 87.3 Å². The number of nitrogens with one attached hydrogen (secondary N) is 3. The number of amides is 1. The number of carbonyl (C=O) groups is 1. The van der Waals surface area contributed by atoms with Crippen LogP contribution in [0.3, 0.4) is 0 Å². The maximum atomic E-state index is 13.2. The van der Waals surface area contributed by atoms with Gasteiger partial charge in [0, 0.05) is 17.8 Å². The van der Waals surface area contributed by atoms with Crippen LogP contribution in [0, 0.1) is 6.92 Å². The molecule has 1 unspecified atom stereocenters. The number of sulfonamides is 1. The highest BCUT2D eigenvalue weighted by Gasteiger charge is 2.42. The Morgan fingerprint density at radius 3 is 2.22 bits per heavy atom. The van der Waals surface area contributed by atoms with Gasteiger partial charge in [0.1, 0.15) is 0 Å². The van der Waals surface area contributed by atoms with Crippen LogP contribution in [0.25, 0.3) is 0 Å². The molecule has 6 nitrogen and oxygen atoms in total. The molecule has 0 radical (unpaired) electrons. The normalized spacial score (nSPS) is 18.9. The van der Waals surface area contributed by atoms with Crippen molar-refractivity contribution in [3.8, 4) is 0 Å². The number of benzene rings is 2. The molecule has 27 heavy (non-hydrogen) atoms. The molecule has 1 atom stereocenters. The first-order chi connectivity index (χ1) is 12.6. The summed E-state index contributed by atoms with van der Waals surface area (Å²) in [5.74, 6) is -3.44. The highest BCUT2D eigenvalue weighted by molar-refractivity contribution is 7.92. The molecule has 0 spiro atoms. The van der Waals surface area contributed by atoms with Gasteiger partial charge in [0.2, 0.25) is 5.91 Å². The van der Waals surface area contributed by atoms with E-state index in [1.807, 2.05) is 6.92 Å². The van der Waals surface area contributed by atoms with Gasteiger partial charge in [-0.05, 0) is 43.3 Å². The van der Waals surface area contributed by atoms with Crippen molar-refractivity contribution in [3.63, 3.8) is 0 Å². The maximum absolute atomic E-state index is 13.2. The molecule has 0 aliphatic carbocycles. The fraction of sp³-hybridized carbons (Fsp3) is 0.278. The summed E-state index contributed by atoms with van der Waals surface area (Å²) < 4.78 is 53.5. The molecule has 1 aliphatic heterocycles. The fourth-order valence-corrected chi connectivity index (χ4v) is 3.74. The van der Waals surface area contributed by atoms with Crippen LogP contribution in [0.4, 0.5) is 20.2 Å². The van der Waals surface area contributed by atoms with Gasteiger partial charge in [-0.3, -0.25) is 14.8 Å². The van der Waals surface area contributed by atoms with Gasteiger partial charge in [-0.2, -0.15) is 0 Å². The minimum Gasteiger partial charge on any atom is -0.325 e. The Morgan fingerprint density at radius 1 is 1.07 bits per heavy atom. The van der Waals surface area contributed by atoms with Crippen LogP contribution >= 0.6 is 0 Å². The zero-order valence-electron chi connectivity index (χ0n) is 14.5. The van der Waals surface area contributed by atoms with Crippen molar-refractivity contribution in [3.05, 3.63) is 54.1 Å². The van der Waals surface area contributed by atoms with E-state index in [0.717, 1.165) is 5.56 Å². The molecule has 2 aromatic rings. The molecule has 3 rings (SSSR count). The first-order valence-electron chi connectivity index (χ1n) is 8.26. The molecule has 144 valence electrons. The summed E-state index contributed by atoms with van der Waals surface area (Å²) in [6.45, 7) is 1.34. The van der Waals surface area contributed by atoms with Gasteiger partial charge < -0.3 is 5.32 Å². The number of halogens is 2. The van der Waals surface area contributed by atoms with Crippen LogP contribution in [0.15, 0.2) is 53.4 Å². The van der Waals surface area contributed by atoms with E-state index >= 15 is 0 Å². The predicted molar refractivity (Wildman–Crippen MR) is 98.4 cm³/mol. The number of rotatable bonds is 5. The van der Waals surface area contributed by atoms with Gasteiger partial charge in [0.25, 0.3) is 15.9 Å². The fourth-order valence-electron chi connectivity index (χ4n) is 2.68. The first kappa shape index (κ1) is 19.2. The highest BCUT2D eigenvalue weighted by atomic mass is 32.2. The van der Waals surface area contributed by atoms with Crippen molar-refractivity contribution >= 4 is 27.3 Å². The van der Waals surface area contributed by atoms with Gasteiger partial charge in [0.15, 0.2) is 0 Å². The third-order valence-electron chi connectivity index (χ3n) is 4.16. The molecule has 2 aromatic carbocycles. The lowest BCUT2D eigenvalue weighted by atomic mass is 10.2. The van der Waals surface area contributed by atoms with E-state index in [1.54, 1.807) is 12.1 Å². The molecule has 0 aromatic heterocycles. The van der Waals surface area contributed by atoms with E-state index in [2.05, 4.69) is 15.4 Å². The van der Waals surface area contributed by atoms with Crippen LogP contribution in [0.5, 0.6) is 0 Å². The Morgan fingerprint density at radius 2 is 1.67 bits per heavy atom. The van der Waals surface area contributed by atoms with Gasteiger partial charge >= 0.3 is 0 Å². The Hall–Kier alpha value is -2.52. The minimum absolute atomic E-state index is 0.138. The van der Waals surface area contributed by atoms with Gasteiger partial charge in [-0.1, -0.05) is 17.7 Å². The summed E-state index contributed by atoms with van der Waals surface area (Å²) in [6.07, 6.45) is -0.548. The van der Waals surface area contributed by atoms with Crippen molar-refractivity contribution < 1.29 is 22.0 Å². The van der Waals surface area contributed by atoms with Crippen molar-refractivity contribution in [2.45, 2.75) is 30.2 Å². The summed E-state index contributed by atoms with van der Waals surface area (Å²) in [5, 5.41) is 5.02. The molecule has 1 saturated heterocycles. The van der Waals surface area contributed by atoms with E-state index in [1.165, 1.54) is 36.4 Å². The Kier molecular flexibility index (Phi) is 5.16.